The van der Waals surface area contributed by atoms with Crippen molar-refractivity contribution in [3.8, 4) is 11.1 Å². The molecule has 0 bridgehead atoms. The van der Waals surface area contributed by atoms with Crippen LogP contribution < -0.4 is 4.90 Å². The van der Waals surface area contributed by atoms with E-state index in [1.165, 1.54) is 86.5 Å². The summed E-state index contributed by atoms with van der Waals surface area (Å²) in [6, 6.07) is 69.4. The summed E-state index contributed by atoms with van der Waals surface area (Å²) in [5, 5.41) is 18.0. The molecule has 11 aromatic rings. The second kappa shape index (κ2) is 10.9. The van der Waals surface area contributed by atoms with Crippen molar-refractivity contribution in [1.82, 2.24) is 0 Å². The second-order valence-electron chi connectivity index (χ2n) is 13.7. The van der Waals surface area contributed by atoms with Crippen LogP contribution in [0.1, 0.15) is 0 Å². The first-order chi connectivity index (χ1) is 25.3. The molecular weight excluding hydrogens is 615 g/mol. The lowest BCUT2D eigenvalue weighted by Crippen LogP contribution is -2.10. The van der Waals surface area contributed by atoms with Gasteiger partial charge in [-0.2, -0.15) is 0 Å². The number of hydrogen-bond acceptors (Lipinski definition) is 1. The number of hydrogen-bond donors (Lipinski definition) is 0. The zero-order chi connectivity index (χ0) is 33.5. The molecule has 0 aliphatic rings. The molecular formula is C50H31N. The Morgan fingerprint density at radius 2 is 0.725 bits per heavy atom. The van der Waals surface area contributed by atoms with E-state index in [0.29, 0.717) is 0 Å². The first kappa shape index (κ1) is 28.2. The van der Waals surface area contributed by atoms with Crippen LogP contribution in [0.4, 0.5) is 17.1 Å². The minimum absolute atomic E-state index is 1.12. The Kier molecular flexibility index (Phi) is 6.02. The molecule has 0 spiro atoms. The van der Waals surface area contributed by atoms with E-state index in [4.69, 9.17) is 0 Å². The molecule has 0 heterocycles. The minimum atomic E-state index is 1.12. The van der Waals surface area contributed by atoms with Gasteiger partial charge in [-0.25, -0.2) is 0 Å². The molecule has 0 unspecified atom stereocenters. The van der Waals surface area contributed by atoms with E-state index >= 15 is 0 Å². The Morgan fingerprint density at radius 1 is 0.255 bits per heavy atom. The molecule has 0 atom stereocenters. The third kappa shape index (κ3) is 4.22. The molecule has 1 heteroatoms. The van der Waals surface area contributed by atoms with Gasteiger partial charge in [0.15, 0.2) is 0 Å². The molecule has 11 aromatic carbocycles. The molecule has 0 N–H and O–H groups in total. The minimum Gasteiger partial charge on any atom is -0.310 e. The van der Waals surface area contributed by atoms with Gasteiger partial charge in [0.2, 0.25) is 0 Å². The number of anilines is 3. The number of fused-ring (bicyclic) bond motifs is 3. The number of benzene rings is 10. The van der Waals surface area contributed by atoms with E-state index in [0.717, 1.165) is 17.1 Å². The van der Waals surface area contributed by atoms with Gasteiger partial charge in [-0.05, 0) is 123 Å². The van der Waals surface area contributed by atoms with Crippen molar-refractivity contribution in [2.75, 3.05) is 4.90 Å². The quantitative estimate of drug-likeness (QED) is 0.172. The van der Waals surface area contributed by atoms with Crippen molar-refractivity contribution in [3.63, 3.8) is 0 Å². The van der Waals surface area contributed by atoms with Crippen molar-refractivity contribution >= 4 is 92.5 Å². The second-order valence-corrected chi connectivity index (χ2v) is 13.7. The maximum absolute atomic E-state index is 2.44. The van der Waals surface area contributed by atoms with E-state index in [1.807, 2.05) is 0 Å². The van der Waals surface area contributed by atoms with Crippen molar-refractivity contribution in [3.05, 3.63) is 188 Å². The molecule has 0 amide bonds. The average molecular weight is 646 g/mol. The maximum atomic E-state index is 2.44. The van der Waals surface area contributed by atoms with E-state index < -0.39 is 0 Å². The molecule has 11 rings (SSSR count). The summed E-state index contributed by atoms with van der Waals surface area (Å²) in [7, 11) is 0. The van der Waals surface area contributed by atoms with Crippen LogP contribution in [0.15, 0.2) is 188 Å². The highest BCUT2D eigenvalue weighted by atomic mass is 15.1. The Hall–Kier alpha value is -6.70. The van der Waals surface area contributed by atoms with Crippen molar-refractivity contribution in [2.45, 2.75) is 0 Å². The number of rotatable bonds is 4. The third-order valence-corrected chi connectivity index (χ3v) is 10.9. The zero-order valence-electron chi connectivity index (χ0n) is 27.8. The van der Waals surface area contributed by atoms with Crippen LogP contribution in [0.2, 0.25) is 0 Å². The van der Waals surface area contributed by atoms with E-state index in [1.54, 1.807) is 0 Å². The molecule has 0 fully saturated rings. The summed E-state index contributed by atoms with van der Waals surface area (Å²) in [5.41, 5.74) is 5.84. The van der Waals surface area contributed by atoms with Crippen LogP contribution in [0.25, 0.3) is 86.5 Å². The highest BCUT2D eigenvalue weighted by Crippen LogP contribution is 2.46. The van der Waals surface area contributed by atoms with Gasteiger partial charge in [0.1, 0.15) is 0 Å². The Bertz CT molecular complexity index is 3110. The van der Waals surface area contributed by atoms with Crippen LogP contribution >= 0.6 is 0 Å². The standard InChI is InChI=1S/C50H31N/c1-2-15-38(16-3-1)51(39-28-26-33(27-29-39)42-18-6-11-32-10-4-5-17-41(32)42)40-30-37-25-24-36-13-8-20-44-43-19-7-12-34-22-23-35-14-9-21-45(49(35)47(34)43)46(31-40)50(37)48(36)44/h1-31H. The molecule has 51 heavy (non-hydrogen) atoms. The summed E-state index contributed by atoms with van der Waals surface area (Å²) >= 11 is 0. The van der Waals surface area contributed by atoms with Crippen LogP contribution in [0, 0.1) is 0 Å². The van der Waals surface area contributed by atoms with Crippen LogP contribution in [0.3, 0.4) is 0 Å². The normalized spacial score (nSPS) is 11.9. The Balaban J connectivity index is 1.23. The number of para-hydroxylation sites is 1. The van der Waals surface area contributed by atoms with E-state index in [2.05, 4.69) is 193 Å². The molecule has 0 aliphatic heterocycles. The van der Waals surface area contributed by atoms with Gasteiger partial charge in [-0.3, -0.25) is 0 Å². The largest absolute Gasteiger partial charge is 0.310 e. The average Bonchev–Trinajstić information content (AvgIpc) is 3.19. The Morgan fingerprint density at radius 3 is 1.39 bits per heavy atom. The van der Waals surface area contributed by atoms with Gasteiger partial charge < -0.3 is 4.90 Å². The number of nitrogens with zero attached hydrogens (tertiary/aromatic N) is 1. The van der Waals surface area contributed by atoms with Crippen LogP contribution in [-0.2, 0) is 0 Å². The van der Waals surface area contributed by atoms with Gasteiger partial charge in [-0.15, -0.1) is 0 Å². The van der Waals surface area contributed by atoms with Gasteiger partial charge in [0.25, 0.3) is 0 Å². The SMILES string of the molecule is c1ccc(N(c2ccc(-c3cccc4ccccc34)cc2)c2cc3ccc4cccc5c6cccc7ccc8cccc(c(c2)c3c45)c8c76)cc1. The van der Waals surface area contributed by atoms with Crippen LogP contribution in [0.5, 0.6) is 0 Å². The predicted molar refractivity (Wildman–Crippen MR) is 220 cm³/mol. The highest BCUT2D eigenvalue weighted by Gasteiger charge is 2.19. The molecule has 1 nitrogen and oxygen atoms in total. The molecule has 0 radical (unpaired) electrons. The van der Waals surface area contributed by atoms with Crippen molar-refractivity contribution in [2.24, 2.45) is 0 Å². The zero-order valence-corrected chi connectivity index (χ0v) is 27.8. The summed E-state index contributed by atoms with van der Waals surface area (Å²) in [4.78, 5) is 2.41. The van der Waals surface area contributed by atoms with Gasteiger partial charge in [0.05, 0.1) is 0 Å². The molecule has 0 saturated carbocycles. The van der Waals surface area contributed by atoms with Crippen LogP contribution in [-0.4, -0.2) is 0 Å². The fourth-order valence-electron chi connectivity index (χ4n) is 8.69. The van der Waals surface area contributed by atoms with Gasteiger partial charge in [-0.1, -0.05) is 152 Å². The highest BCUT2D eigenvalue weighted by molar-refractivity contribution is 6.37. The van der Waals surface area contributed by atoms with E-state index in [-0.39, 0.29) is 0 Å². The van der Waals surface area contributed by atoms with Crippen molar-refractivity contribution < 1.29 is 0 Å². The fourth-order valence-corrected chi connectivity index (χ4v) is 8.69. The molecule has 0 aromatic heterocycles. The summed E-state index contributed by atoms with van der Waals surface area (Å²) in [6.45, 7) is 0. The smallest absolute Gasteiger partial charge is 0.0474 e. The summed E-state index contributed by atoms with van der Waals surface area (Å²) in [5.74, 6) is 0. The lowest BCUT2D eigenvalue weighted by Gasteiger charge is -2.27. The van der Waals surface area contributed by atoms with Crippen molar-refractivity contribution in [1.29, 1.82) is 0 Å². The fraction of sp³-hybridized carbons (Fsp3) is 0. The Labute approximate surface area is 295 Å². The first-order valence-electron chi connectivity index (χ1n) is 17.7. The van der Waals surface area contributed by atoms with Gasteiger partial charge >= 0.3 is 0 Å². The van der Waals surface area contributed by atoms with Gasteiger partial charge in [0, 0.05) is 17.1 Å². The first-order valence-corrected chi connectivity index (χ1v) is 17.7. The topological polar surface area (TPSA) is 3.24 Å². The third-order valence-electron chi connectivity index (χ3n) is 10.9. The molecule has 0 aliphatic carbocycles. The van der Waals surface area contributed by atoms with E-state index in [9.17, 15) is 0 Å². The maximum Gasteiger partial charge on any atom is 0.0474 e. The monoisotopic (exact) mass is 645 g/mol. The molecule has 236 valence electrons. The predicted octanol–water partition coefficient (Wildman–Crippen LogP) is 14.3. The summed E-state index contributed by atoms with van der Waals surface area (Å²) in [6.07, 6.45) is 0. The summed E-state index contributed by atoms with van der Waals surface area (Å²) < 4.78 is 0. The lowest BCUT2D eigenvalue weighted by atomic mass is 9.87. The molecule has 0 saturated heterocycles. The lowest BCUT2D eigenvalue weighted by molar-refractivity contribution is 1.29.